The third kappa shape index (κ3) is 6.73. The number of phenols is 1. The summed E-state index contributed by atoms with van der Waals surface area (Å²) >= 11 is 0. The molecule has 2 N–H and O–H groups in total. The molecule has 2 aliphatic heterocycles. The molecule has 6 heteroatoms. The predicted molar refractivity (Wildman–Crippen MR) is 149 cm³/mol. The summed E-state index contributed by atoms with van der Waals surface area (Å²) in [6.45, 7) is 2.53. The Kier molecular flexibility index (Phi) is 8.97. The van der Waals surface area contributed by atoms with Gasteiger partial charge in [0.05, 0.1) is 6.42 Å². The van der Waals surface area contributed by atoms with E-state index in [0.717, 1.165) is 64.6 Å². The second-order valence-electron chi connectivity index (χ2n) is 13.0. The number of hydrogen-bond acceptors (Lipinski definition) is 4. The second-order valence-corrected chi connectivity index (χ2v) is 13.0. The van der Waals surface area contributed by atoms with Gasteiger partial charge in [-0.15, -0.1) is 0 Å². The van der Waals surface area contributed by atoms with Gasteiger partial charge in [0.15, 0.2) is 0 Å². The van der Waals surface area contributed by atoms with Crippen LogP contribution in [-0.4, -0.2) is 63.6 Å². The number of aromatic hydroxyl groups is 1. The molecule has 1 unspecified atom stereocenters. The number of phenolic OH excluding ortho intramolecular Hbond substituents is 1. The number of fused-ring (bicyclic) bond motifs is 2. The number of nitrogens with zero attached hydrogens (tertiary/aromatic N) is 2. The minimum atomic E-state index is -0.760. The van der Waals surface area contributed by atoms with E-state index < -0.39 is 5.97 Å². The van der Waals surface area contributed by atoms with E-state index in [-0.39, 0.29) is 17.7 Å². The molecule has 2 saturated carbocycles. The molecule has 2 heterocycles. The third-order valence-electron chi connectivity index (χ3n) is 10.4. The summed E-state index contributed by atoms with van der Waals surface area (Å²) in [5.74, 6) is 0.874. The lowest BCUT2D eigenvalue weighted by Crippen LogP contribution is -2.48. The van der Waals surface area contributed by atoms with E-state index in [4.69, 9.17) is 0 Å². The van der Waals surface area contributed by atoms with E-state index in [1.807, 2.05) is 12.1 Å². The number of hydrogen-bond donors (Lipinski definition) is 2. The highest BCUT2D eigenvalue weighted by atomic mass is 16.4. The number of aliphatic carboxylic acids is 1. The smallest absolute Gasteiger partial charge is 0.303 e. The molecular weight excluding hydrogens is 476 g/mol. The number of carbonyl (C=O) groups excluding carboxylic acids is 1. The van der Waals surface area contributed by atoms with E-state index in [2.05, 4.69) is 15.9 Å². The van der Waals surface area contributed by atoms with E-state index in [9.17, 15) is 19.8 Å². The Labute approximate surface area is 228 Å². The first-order valence-corrected chi connectivity index (χ1v) is 15.4. The second kappa shape index (κ2) is 12.4. The number of carboxylic acid groups (broad SMARTS) is 1. The molecule has 4 aliphatic rings. The number of piperidine rings is 1. The Morgan fingerprint density at radius 2 is 1.61 bits per heavy atom. The van der Waals surface area contributed by atoms with Crippen molar-refractivity contribution in [2.24, 2.45) is 11.3 Å². The third-order valence-corrected chi connectivity index (χ3v) is 10.4. The maximum absolute atomic E-state index is 13.9. The minimum absolute atomic E-state index is 0.128. The summed E-state index contributed by atoms with van der Waals surface area (Å²) in [6, 6.07) is 8.88. The van der Waals surface area contributed by atoms with Crippen molar-refractivity contribution >= 4 is 11.9 Å². The lowest BCUT2D eigenvalue weighted by atomic mass is 9.69. The van der Waals surface area contributed by atoms with Gasteiger partial charge in [-0.3, -0.25) is 14.5 Å². The summed E-state index contributed by atoms with van der Waals surface area (Å²) in [4.78, 5) is 30.5. The molecule has 1 aromatic carbocycles. The van der Waals surface area contributed by atoms with Crippen molar-refractivity contribution in [3.63, 3.8) is 0 Å². The number of carboxylic acids is 1. The van der Waals surface area contributed by atoms with E-state index in [1.165, 1.54) is 50.5 Å². The van der Waals surface area contributed by atoms with Crippen LogP contribution in [0, 0.1) is 11.3 Å². The largest absolute Gasteiger partial charge is 0.508 e. The van der Waals surface area contributed by atoms with Crippen LogP contribution in [0.1, 0.15) is 114 Å². The molecule has 0 spiro atoms. The molecule has 3 atom stereocenters. The lowest BCUT2D eigenvalue weighted by Gasteiger charge is -2.41. The van der Waals surface area contributed by atoms with E-state index >= 15 is 0 Å². The normalized spacial score (nSPS) is 27.7. The van der Waals surface area contributed by atoms with Crippen molar-refractivity contribution in [2.75, 3.05) is 19.6 Å². The van der Waals surface area contributed by atoms with Crippen molar-refractivity contribution < 1.29 is 19.8 Å². The summed E-state index contributed by atoms with van der Waals surface area (Å²) < 4.78 is 0. The number of benzene rings is 1. The first kappa shape index (κ1) is 27.5. The summed E-state index contributed by atoms with van der Waals surface area (Å²) in [5, 5.41) is 19.6. The Morgan fingerprint density at radius 3 is 2.26 bits per heavy atom. The number of rotatable bonds is 10. The lowest BCUT2D eigenvalue weighted by molar-refractivity contribution is -0.143. The van der Waals surface area contributed by atoms with Crippen molar-refractivity contribution in [1.82, 2.24) is 9.80 Å². The Balaban J connectivity index is 1.24. The van der Waals surface area contributed by atoms with Gasteiger partial charge in [0, 0.05) is 38.1 Å². The molecule has 2 bridgehead atoms. The van der Waals surface area contributed by atoms with Crippen molar-refractivity contribution in [3.8, 4) is 5.75 Å². The average molecular weight is 525 g/mol. The van der Waals surface area contributed by atoms with Crippen LogP contribution < -0.4 is 0 Å². The van der Waals surface area contributed by atoms with Gasteiger partial charge < -0.3 is 15.1 Å². The molecule has 0 radical (unpaired) electrons. The van der Waals surface area contributed by atoms with Gasteiger partial charge in [0.1, 0.15) is 5.75 Å². The monoisotopic (exact) mass is 524 g/mol. The molecule has 5 rings (SSSR count). The molecule has 4 fully saturated rings. The van der Waals surface area contributed by atoms with Crippen LogP contribution >= 0.6 is 0 Å². The summed E-state index contributed by atoms with van der Waals surface area (Å²) in [5.41, 5.74) is 0.900. The molecular formula is C32H48N2O4. The first-order chi connectivity index (χ1) is 18.4. The fourth-order valence-corrected chi connectivity index (χ4v) is 8.40. The van der Waals surface area contributed by atoms with Gasteiger partial charge in [-0.1, -0.05) is 50.7 Å². The average Bonchev–Trinajstić information content (AvgIpc) is 3.13. The fraction of sp³-hybridized carbons (Fsp3) is 0.750. The van der Waals surface area contributed by atoms with Gasteiger partial charge in [-0.05, 0) is 86.3 Å². The zero-order valence-electron chi connectivity index (χ0n) is 23.2. The maximum Gasteiger partial charge on any atom is 0.303 e. The van der Waals surface area contributed by atoms with Crippen molar-refractivity contribution in [1.29, 1.82) is 0 Å². The summed E-state index contributed by atoms with van der Waals surface area (Å²) in [7, 11) is 0. The Bertz CT molecular complexity index is 939. The summed E-state index contributed by atoms with van der Waals surface area (Å²) in [6.07, 6.45) is 16.5. The SMILES string of the molecule is O=C(O)CC1(CC(=O)N(CCN2[C@@H]3CC[C@H]2CC(c2cccc(O)c2)C3)CC2CCCCC2)CCCCC1. The molecule has 1 amide bonds. The van der Waals surface area contributed by atoms with E-state index in [1.54, 1.807) is 6.07 Å². The molecule has 2 saturated heterocycles. The first-order valence-electron chi connectivity index (χ1n) is 15.4. The zero-order chi connectivity index (χ0) is 26.5. The van der Waals surface area contributed by atoms with Gasteiger partial charge in [-0.2, -0.15) is 0 Å². The molecule has 210 valence electrons. The van der Waals surface area contributed by atoms with Crippen LogP contribution in [0.4, 0.5) is 0 Å². The van der Waals surface area contributed by atoms with Gasteiger partial charge in [0.25, 0.3) is 0 Å². The zero-order valence-corrected chi connectivity index (χ0v) is 23.2. The van der Waals surface area contributed by atoms with Crippen molar-refractivity contribution in [3.05, 3.63) is 29.8 Å². The van der Waals surface area contributed by atoms with Crippen LogP contribution in [0.3, 0.4) is 0 Å². The highest BCUT2D eigenvalue weighted by Gasteiger charge is 2.42. The molecule has 6 nitrogen and oxygen atoms in total. The minimum Gasteiger partial charge on any atom is -0.508 e. The molecule has 38 heavy (non-hydrogen) atoms. The molecule has 1 aromatic rings. The Hall–Kier alpha value is -2.08. The topological polar surface area (TPSA) is 81.1 Å². The maximum atomic E-state index is 13.9. The van der Waals surface area contributed by atoms with Gasteiger partial charge in [0.2, 0.25) is 5.91 Å². The van der Waals surface area contributed by atoms with Crippen LogP contribution in [0.15, 0.2) is 24.3 Å². The standard InChI is InChI=1S/C32H48N2O4/c35-29-11-7-10-25(20-29)26-18-27-12-13-28(19-26)34(27)17-16-33(23-24-8-3-1-4-9-24)30(36)21-32(22-31(37)38)14-5-2-6-15-32/h7,10-11,20,24,26-28,35H,1-6,8-9,12-19,21-23H2,(H,37,38)/t26?,27-,28+. The molecule has 2 aliphatic carbocycles. The number of carbonyl (C=O) groups is 2. The fourth-order valence-electron chi connectivity index (χ4n) is 8.40. The van der Waals surface area contributed by atoms with Crippen LogP contribution in [0.2, 0.25) is 0 Å². The van der Waals surface area contributed by atoms with Crippen LogP contribution in [0.25, 0.3) is 0 Å². The molecule has 0 aromatic heterocycles. The van der Waals surface area contributed by atoms with Crippen LogP contribution in [0.5, 0.6) is 5.75 Å². The number of amides is 1. The van der Waals surface area contributed by atoms with Gasteiger partial charge >= 0.3 is 5.97 Å². The van der Waals surface area contributed by atoms with E-state index in [0.29, 0.717) is 36.1 Å². The van der Waals surface area contributed by atoms with Crippen molar-refractivity contribution in [2.45, 2.75) is 121 Å². The quantitative estimate of drug-likeness (QED) is 0.374. The van der Waals surface area contributed by atoms with Crippen LogP contribution in [-0.2, 0) is 9.59 Å². The predicted octanol–water partition coefficient (Wildman–Crippen LogP) is 6.33. The van der Waals surface area contributed by atoms with Gasteiger partial charge in [-0.25, -0.2) is 0 Å². The Morgan fingerprint density at radius 1 is 0.921 bits per heavy atom. The highest BCUT2D eigenvalue weighted by molar-refractivity contribution is 5.78. The highest BCUT2D eigenvalue weighted by Crippen LogP contribution is 2.44.